The number of ether oxygens (including phenoxy) is 1. The quantitative estimate of drug-likeness (QED) is 0.446. The van der Waals surface area contributed by atoms with Crippen LogP contribution in [0.2, 0.25) is 0 Å². The predicted octanol–water partition coefficient (Wildman–Crippen LogP) is -2.24. The first-order chi connectivity index (χ1) is 6.75. The first-order valence-electron chi connectivity index (χ1n) is 4.77. The van der Waals surface area contributed by atoms with E-state index < -0.39 is 0 Å². The number of halogens is 1. The van der Waals surface area contributed by atoms with Crippen LogP contribution in [0.15, 0.2) is 6.20 Å². The second-order valence-electron chi connectivity index (χ2n) is 3.08. The van der Waals surface area contributed by atoms with Gasteiger partial charge in [0.25, 0.3) is 0 Å². The highest BCUT2D eigenvalue weighted by atomic mass is 35.5. The number of nitrogens with one attached hydrogen (secondary N) is 2. The van der Waals surface area contributed by atoms with Crippen molar-refractivity contribution in [1.82, 2.24) is 5.10 Å². The van der Waals surface area contributed by atoms with Crippen molar-refractivity contribution >= 4 is 11.8 Å². The van der Waals surface area contributed by atoms with Crippen LogP contribution in [0.25, 0.3) is 0 Å². The number of H-pyrrole nitrogens is 2. The third-order valence-electron chi connectivity index (χ3n) is 1.91. The molecule has 0 aliphatic carbocycles. The fourth-order valence-corrected chi connectivity index (χ4v) is 1.09. The lowest BCUT2D eigenvalue weighted by atomic mass is 10.3. The summed E-state index contributed by atoms with van der Waals surface area (Å²) < 4.78 is 5.01. The standard InChI is InChI=1S/C9H15N3O2.ClH/c1-2-3-4-5-14-9(13)7-6-11-12-8(7)10;/h6H,2-5H2,1H3,(H3,10,11,12);1H. The first-order valence-corrected chi connectivity index (χ1v) is 4.77. The number of aromatic nitrogens is 2. The summed E-state index contributed by atoms with van der Waals surface area (Å²) in [7, 11) is 0. The lowest BCUT2D eigenvalue weighted by Gasteiger charge is -2.01. The van der Waals surface area contributed by atoms with Gasteiger partial charge < -0.3 is 22.9 Å². The molecule has 0 aliphatic heterocycles. The molecule has 0 amide bonds. The zero-order valence-corrected chi connectivity index (χ0v) is 9.43. The van der Waals surface area contributed by atoms with Gasteiger partial charge in [-0.05, 0) is 6.42 Å². The molecular formula is C9H16ClN3O2. The number of carbonyl (C=O) groups is 1. The van der Waals surface area contributed by atoms with Crippen LogP contribution in [-0.4, -0.2) is 17.7 Å². The Morgan fingerprint density at radius 2 is 2.33 bits per heavy atom. The molecule has 0 aromatic carbocycles. The van der Waals surface area contributed by atoms with Crippen molar-refractivity contribution in [3.8, 4) is 0 Å². The van der Waals surface area contributed by atoms with Gasteiger partial charge in [0.15, 0.2) is 11.4 Å². The van der Waals surface area contributed by atoms with E-state index in [1.807, 2.05) is 0 Å². The average molecular weight is 234 g/mol. The number of aromatic amines is 2. The Balaban J connectivity index is 0.00000196. The SMILES string of the molecule is CCCCCOC(=O)c1c[nH+][nH]c1N.[Cl-]. The molecule has 0 unspecified atom stereocenters. The minimum Gasteiger partial charge on any atom is -1.00 e. The highest BCUT2D eigenvalue weighted by molar-refractivity contribution is 5.93. The molecule has 0 saturated carbocycles. The zero-order valence-electron chi connectivity index (χ0n) is 8.68. The number of nitrogens with two attached hydrogens (primary N) is 1. The molecule has 5 nitrogen and oxygen atoms in total. The van der Waals surface area contributed by atoms with Crippen LogP contribution >= 0.6 is 0 Å². The van der Waals surface area contributed by atoms with Crippen LogP contribution in [0.5, 0.6) is 0 Å². The molecule has 0 saturated heterocycles. The van der Waals surface area contributed by atoms with Crippen molar-refractivity contribution in [3.05, 3.63) is 11.8 Å². The van der Waals surface area contributed by atoms with Crippen molar-refractivity contribution < 1.29 is 27.0 Å². The molecule has 1 heterocycles. The van der Waals surface area contributed by atoms with Gasteiger partial charge in [0.05, 0.1) is 6.61 Å². The Hall–Kier alpha value is -1.23. The number of rotatable bonds is 5. The third-order valence-corrected chi connectivity index (χ3v) is 1.91. The van der Waals surface area contributed by atoms with E-state index in [9.17, 15) is 4.79 Å². The number of nitrogen functional groups attached to an aromatic ring is 1. The largest absolute Gasteiger partial charge is 1.00 e. The normalized spacial score (nSPS) is 9.40. The number of carbonyl (C=O) groups excluding carboxylic acids is 1. The van der Waals surface area contributed by atoms with Gasteiger partial charge in [0.1, 0.15) is 0 Å². The Labute approximate surface area is 94.8 Å². The Bertz CT molecular complexity index is 301. The number of anilines is 1. The van der Waals surface area contributed by atoms with Gasteiger partial charge >= 0.3 is 5.97 Å². The molecule has 1 aromatic rings. The molecule has 6 heteroatoms. The molecule has 15 heavy (non-hydrogen) atoms. The van der Waals surface area contributed by atoms with Gasteiger partial charge in [-0.3, -0.25) is 0 Å². The van der Waals surface area contributed by atoms with Gasteiger partial charge in [0, 0.05) is 0 Å². The first kappa shape index (κ1) is 13.8. The van der Waals surface area contributed by atoms with Crippen LogP contribution in [0.1, 0.15) is 36.5 Å². The van der Waals surface area contributed by atoms with E-state index in [2.05, 4.69) is 17.1 Å². The maximum Gasteiger partial charge on any atom is 0.348 e. The summed E-state index contributed by atoms with van der Waals surface area (Å²) in [5, 5.41) is 5.23. The lowest BCUT2D eigenvalue weighted by Crippen LogP contribution is -3.00. The summed E-state index contributed by atoms with van der Waals surface area (Å²) in [5.41, 5.74) is 5.85. The van der Waals surface area contributed by atoms with Crippen molar-refractivity contribution in [3.63, 3.8) is 0 Å². The fraction of sp³-hybridized carbons (Fsp3) is 0.556. The summed E-state index contributed by atoms with van der Waals surface area (Å²) in [5.74, 6) is -0.0680. The summed E-state index contributed by atoms with van der Waals surface area (Å²) in [6, 6.07) is 0. The number of unbranched alkanes of at least 4 members (excludes halogenated alkanes) is 2. The van der Waals surface area contributed by atoms with E-state index in [4.69, 9.17) is 10.5 Å². The second kappa shape index (κ2) is 7.11. The Morgan fingerprint density at radius 3 is 2.87 bits per heavy atom. The second-order valence-corrected chi connectivity index (χ2v) is 3.08. The predicted molar refractivity (Wildman–Crippen MR) is 51.6 cm³/mol. The highest BCUT2D eigenvalue weighted by Crippen LogP contribution is 2.06. The van der Waals surface area contributed by atoms with Gasteiger partial charge in [-0.2, -0.15) is 5.10 Å². The minimum absolute atomic E-state index is 0. The molecule has 86 valence electrons. The fourth-order valence-electron chi connectivity index (χ4n) is 1.09. The molecule has 0 atom stereocenters. The van der Waals surface area contributed by atoms with E-state index in [1.165, 1.54) is 6.20 Å². The van der Waals surface area contributed by atoms with Crippen molar-refractivity contribution in [2.24, 2.45) is 0 Å². The Morgan fingerprint density at radius 1 is 1.60 bits per heavy atom. The van der Waals surface area contributed by atoms with Crippen molar-refractivity contribution in [2.45, 2.75) is 26.2 Å². The van der Waals surface area contributed by atoms with Gasteiger partial charge in [-0.25, -0.2) is 4.79 Å². The maximum absolute atomic E-state index is 11.3. The molecule has 0 fully saturated rings. The summed E-state index contributed by atoms with van der Waals surface area (Å²) in [6.45, 7) is 2.55. The smallest absolute Gasteiger partial charge is 0.348 e. The van der Waals surface area contributed by atoms with Gasteiger partial charge in [-0.15, -0.1) is 5.10 Å². The molecule has 0 bridgehead atoms. The maximum atomic E-state index is 11.3. The van der Waals surface area contributed by atoms with Gasteiger partial charge in [0.2, 0.25) is 6.20 Å². The van der Waals surface area contributed by atoms with E-state index in [1.54, 1.807) is 0 Å². The molecule has 0 aliphatic rings. The Kier molecular flexibility index (Phi) is 6.53. The van der Waals surface area contributed by atoms with E-state index in [-0.39, 0.29) is 18.4 Å². The van der Waals surface area contributed by atoms with Crippen LogP contribution in [0.3, 0.4) is 0 Å². The average Bonchev–Trinajstić information content (AvgIpc) is 2.59. The van der Waals surface area contributed by atoms with Crippen molar-refractivity contribution in [1.29, 1.82) is 0 Å². The molecule has 0 spiro atoms. The molecule has 1 rings (SSSR count). The van der Waals surface area contributed by atoms with E-state index in [0.29, 0.717) is 18.0 Å². The molecule has 0 radical (unpaired) electrons. The topological polar surface area (TPSA) is 82.2 Å². The van der Waals surface area contributed by atoms with E-state index >= 15 is 0 Å². The van der Waals surface area contributed by atoms with E-state index in [0.717, 1.165) is 19.3 Å². The molecule has 1 aromatic heterocycles. The molecular weight excluding hydrogens is 218 g/mol. The monoisotopic (exact) mass is 233 g/mol. The number of hydrogen-bond donors (Lipinski definition) is 2. The zero-order chi connectivity index (χ0) is 10.4. The lowest BCUT2D eigenvalue weighted by molar-refractivity contribution is -0.447. The van der Waals surface area contributed by atoms with Crippen LogP contribution < -0.4 is 23.2 Å². The van der Waals surface area contributed by atoms with Crippen LogP contribution in [0.4, 0.5) is 5.82 Å². The number of esters is 1. The molecule has 4 N–H and O–H groups in total. The summed E-state index contributed by atoms with van der Waals surface area (Å²) >= 11 is 0. The highest BCUT2D eigenvalue weighted by Gasteiger charge is 2.15. The van der Waals surface area contributed by atoms with Gasteiger partial charge in [-0.1, -0.05) is 19.8 Å². The van der Waals surface area contributed by atoms with Crippen LogP contribution in [0, 0.1) is 0 Å². The minimum atomic E-state index is -0.379. The van der Waals surface area contributed by atoms with Crippen molar-refractivity contribution in [2.75, 3.05) is 12.3 Å². The summed E-state index contributed by atoms with van der Waals surface area (Å²) in [6.07, 6.45) is 4.58. The third kappa shape index (κ3) is 4.20. The summed E-state index contributed by atoms with van der Waals surface area (Å²) in [4.78, 5) is 11.3. The van der Waals surface area contributed by atoms with Crippen LogP contribution in [-0.2, 0) is 4.74 Å². The number of hydrogen-bond acceptors (Lipinski definition) is 3.